The number of nitrogens with zero attached hydrogens (tertiary/aromatic N) is 1. The Labute approximate surface area is 60.7 Å². The summed E-state index contributed by atoms with van der Waals surface area (Å²) >= 11 is 1.26. The molecular weight excluding hydrogens is 158 g/mol. The second-order valence-corrected chi connectivity index (χ2v) is 2.49. The summed E-state index contributed by atoms with van der Waals surface area (Å²) in [5, 5.41) is 1.52. The molecule has 0 saturated heterocycles. The van der Waals surface area contributed by atoms with Gasteiger partial charge >= 0.3 is 0 Å². The van der Waals surface area contributed by atoms with Crippen LogP contribution in [0.5, 0.6) is 0 Å². The summed E-state index contributed by atoms with van der Waals surface area (Å²) in [4.78, 5) is 3.65. The van der Waals surface area contributed by atoms with Crippen molar-refractivity contribution in [2.45, 2.75) is 12.5 Å². The number of hydrogen-bond acceptors (Lipinski definition) is 3. The van der Waals surface area contributed by atoms with Gasteiger partial charge in [0.25, 0.3) is 6.43 Å². The highest BCUT2D eigenvalue weighted by molar-refractivity contribution is 7.07. The van der Waals surface area contributed by atoms with Gasteiger partial charge in [-0.1, -0.05) is 0 Å². The van der Waals surface area contributed by atoms with Crippen LogP contribution in [0, 0.1) is 0 Å². The normalized spacial score (nSPS) is 14.0. The zero-order valence-corrected chi connectivity index (χ0v) is 5.81. The Morgan fingerprint density at radius 3 is 2.70 bits per heavy atom. The summed E-state index contributed by atoms with van der Waals surface area (Å²) in [7, 11) is 0. The van der Waals surface area contributed by atoms with Crippen LogP contribution in [-0.2, 0) is 0 Å². The summed E-state index contributed by atoms with van der Waals surface area (Å²) in [5.74, 6) is 0. The first kappa shape index (κ1) is 7.56. The van der Waals surface area contributed by atoms with E-state index in [9.17, 15) is 8.78 Å². The Balaban J connectivity index is 2.68. The summed E-state index contributed by atoms with van der Waals surface area (Å²) < 4.78 is 23.7. The van der Waals surface area contributed by atoms with Crippen LogP contribution in [-0.4, -0.2) is 11.4 Å². The Bertz CT molecular complexity index is 188. The molecule has 1 atom stereocenters. The highest BCUT2D eigenvalue weighted by Gasteiger charge is 2.18. The number of thiazole rings is 1. The third-order valence-corrected chi connectivity index (χ3v) is 1.67. The fourth-order valence-electron chi connectivity index (χ4n) is 0.516. The maximum Gasteiger partial charge on any atom is 0.259 e. The Hall–Kier alpha value is -0.550. The van der Waals surface area contributed by atoms with Crippen molar-refractivity contribution < 1.29 is 8.78 Å². The van der Waals surface area contributed by atoms with Gasteiger partial charge in [0.1, 0.15) is 6.04 Å². The molecule has 0 aliphatic heterocycles. The molecule has 0 fully saturated rings. The summed E-state index contributed by atoms with van der Waals surface area (Å²) in [6, 6.07) is -1.23. The molecule has 1 aromatic heterocycles. The molecule has 0 radical (unpaired) electrons. The molecule has 10 heavy (non-hydrogen) atoms. The van der Waals surface area contributed by atoms with Crippen LogP contribution in [0.2, 0.25) is 0 Å². The fourth-order valence-corrected chi connectivity index (χ4v) is 1.12. The topological polar surface area (TPSA) is 38.9 Å². The van der Waals surface area contributed by atoms with Crippen LogP contribution < -0.4 is 5.73 Å². The highest BCUT2D eigenvalue weighted by Crippen LogP contribution is 2.16. The van der Waals surface area contributed by atoms with Gasteiger partial charge in [0.2, 0.25) is 0 Å². The van der Waals surface area contributed by atoms with Crippen molar-refractivity contribution in [1.29, 1.82) is 0 Å². The summed E-state index contributed by atoms with van der Waals surface area (Å²) in [5.41, 5.74) is 6.82. The van der Waals surface area contributed by atoms with Crippen LogP contribution in [0.25, 0.3) is 0 Å². The predicted molar refractivity (Wildman–Crippen MR) is 35.0 cm³/mol. The first-order valence-corrected chi connectivity index (χ1v) is 3.58. The first-order valence-electron chi connectivity index (χ1n) is 2.63. The molecule has 56 valence electrons. The van der Waals surface area contributed by atoms with Crippen molar-refractivity contribution in [3.05, 3.63) is 16.6 Å². The molecule has 1 rings (SSSR count). The molecule has 0 spiro atoms. The molecule has 0 aromatic carbocycles. The van der Waals surface area contributed by atoms with E-state index in [0.29, 0.717) is 0 Å². The third kappa shape index (κ3) is 1.48. The van der Waals surface area contributed by atoms with E-state index < -0.39 is 12.5 Å². The lowest BCUT2D eigenvalue weighted by atomic mass is 10.2. The molecule has 1 heterocycles. The maximum atomic E-state index is 11.8. The van der Waals surface area contributed by atoms with Gasteiger partial charge in [-0.05, 0) is 0 Å². The van der Waals surface area contributed by atoms with Crippen LogP contribution >= 0.6 is 11.3 Å². The molecule has 0 aliphatic carbocycles. The van der Waals surface area contributed by atoms with Gasteiger partial charge in [-0.2, -0.15) is 0 Å². The second-order valence-electron chi connectivity index (χ2n) is 1.77. The van der Waals surface area contributed by atoms with E-state index in [1.54, 1.807) is 0 Å². The third-order valence-electron chi connectivity index (χ3n) is 1.06. The van der Waals surface area contributed by atoms with Crippen molar-refractivity contribution in [2.75, 3.05) is 0 Å². The average Bonchev–Trinajstić information content (AvgIpc) is 2.36. The smallest absolute Gasteiger partial charge is 0.259 e. The molecule has 0 bridgehead atoms. The van der Waals surface area contributed by atoms with Crippen LogP contribution in [0.15, 0.2) is 10.9 Å². The largest absolute Gasteiger partial charge is 0.318 e. The lowest BCUT2D eigenvalue weighted by molar-refractivity contribution is 0.115. The van der Waals surface area contributed by atoms with Gasteiger partial charge in [-0.3, -0.25) is 0 Å². The SMILES string of the molecule is NC(c1cscn1)C(F)F. The van der Waals surface area contributed by atoms with Crippen LogP contribution in [0.3, 0.4) is 0 Å². The van der Waals surface area contributed by atoms with Gasteiger partial charge in [0.05, 0.1) is 11.2 Å². The zero-order chi connectivity index (χ0) is 7.56. The molecular formula is C5H6F2N2S. The minimum atomic E-state index is -2.53. The molecule has 5 heteroatoms. The number of alkyl halides is 2. The fraction of sp³-hybridized carbons (Fsp3) is 0.400. The van der Waals surface area contributed by atoms with E-state index in [1.807, 2.05) is 0 Å². The van der Waals surface area contributed by atoms with Gasteiger partial charge in [0.15, 0.2) is 0 Å². The Morgan fingerprint density at radius 1 is 1.60 bits per heavy atom. The van der Waals surface area contributed by atoms with Crippen LogP contribution in [0.4, 0.5) is 8.78 Å². The summed E-state index contributed by atoms with van der Waals surface area (Å²) in [6.07, 6.45) is -2.53. The van der Waals surface area contributed by atoms with Crippen molar-refractivity contribution in [1.82, 2.24) is 4.98 Å². The Morgan fingerprint density at radius 2 is 2.30 bits per heavy atom. The minimum absolute atomic E-state index is 0.264. The maximum absolute atomic E-state index is 11.8. The number of aromatic nitrogens is 1. The second kappa shape index (κ2) is 3.03. The molecule has 1 aromatic rings. The van der Waals surface area contributed by atoms with Gasteiger partial charge in [-0.25, -0.2) is 13.8 Å². The van der Waals surface area contributed by atoms with Crippen molar-refractivity contribution >= 4 is 11.3 Å². The molecule has 2 nitrogen and oxygen atoms in total. The van der Waals surface area contributed by atoms with E-state index in [2.05, 4.69) is 4.98 Å². The summed E-state index contributed by atoms with van der Waals surface area (Å²) in [6.45, 7) is 0. The lowest BCUT2D eigenvalue weighted by Gasteiger charge is -2.04. The van der Waals surface area contributed by atoms with E-state index in [1.165, 1.54) is 22.2 Å². The number of nitrogens with two attached hydrogens (primary N) is 1. The van der Waals surface area contributed by atoms with Crippen molar-refractivity contribution in [3.8, 4) is 0 Å². The lowest BCUT2D eigenvalue weighted by Crippen LogP contribution is -2.18. The molecule has 2 N–H and O–H groups in total. The van der Waals surface area contributed by atoms with E-state index in [0.717, 1.165) is 0 Å². The van der Waals surface area contributed by atoms with E-state index >= 15 is 0 Å². The standard InChI is InChI=1S/C5H6F2N2S/c6-5(7)4(8)3-1-10-2-9-3/h1-2,4-5H,8H2. The number of rotatable bonds is 2. The van der Waals surface area contributed by atoms with Gasteiger partial charge < -0.3 is 5.73 Å². The van der Waals surface area contributed by atoms with Gasteiger partial charge in [0, 0.05) is 5.38 Å². The van der Waals surface area contributed by atoms with E-state index in [4.69, 9.17) is 5.73 Å². The molecule has 0 saturated carbocycles. The monoisotopic (exact) mass is 164 g/mol. The van der Waals surface area contributed by atoms with E-state index in [-0.39, 0.29) is 5.69 Å². The zero-order valence-electron chi connectivity index (χ0n) is 5.00. The first-order chi connectivity index (χ1) is 4.72. The Kier molecular flexibility index (Phi) is 2.29. The number of hydrogen-bond donors (Lipinski definition) is 1. The molecule has 1 unspecified atom stereocenters. The minimum Gasteiger partial charge on any atom is -0.318 e. The van der Waals surface area contributed by atoms with Crippen molar-refractivity contribution in [2.24, 2.45) is 5.73 Å². The molecule has 0 aliphatic rings. The molecule has 0 amide bonds. The van der Waals surface area contributed by atoms with Crippen LogP contribution in [0.1, 0.15) is 11.7 Å². The van der Waals surface area contributed by atoms with Crippen molar-refractivity contribution in [3.63, 3.8) is 0 Å². The quantitative estimate of drug-likeness (QED) is 0.717. The highest BCUT2D eigenvalue weighted by atomic mass is 32.1. The number of halogens is 2. The average molecular weight is 164 g/mol. The predicted octanol–water partition coefficient (Wildman–Crippen LogP) is 1.41. The van der Waals surface area contributed by atoms with Gasteiger partial charge in [-0.15, -0.1) is 11.3 Å².